The molecule has 3 heterocycles. The molecule has 0 spiro atoms. The van der Waals surface area contributed by atoms with Crippen LogP contribution in [0.5, 0.6) is 0 Å². The number of nitrogens with two attached hydrogens (primary N) is 1. The number of benzene rings is 1. The van der Waals surface area contributed by atoms with Crippen LogP contribution in [0.4, 0.5) is 0 Å². The molecule has 0 saturated heterocycles. The summed E-state index contributed by atoms with van der Waals surface area (Å²) in [5.74, 6) is 0.0278. The van der Waals surface area contributed by atoms with Gasteiger partial charge in [-0.15, -0.1) is 0 Å². The first-order valence-corrected chi connectivity index (χ1v) is 7.59. The van der Waals surface area contributed by atoms with Crippen molar-refractivity contribution < 1.29 is 9.21 Å². The van der Waals surface area contributed by atoms with E-state index >= 15 is 0 Å². The molecular formula is C15H14ClN5O2. The second-order valence-corrected chi connectivity index (χ2v) is 5.88. The van der Waals surface area contributed by atoms with Gasteiger partial charge in [0.15, 0.2) is 11.5 Å². The fourth-order valence-corrected chi connectivity index (χ4v) is 3.21. The van der Waals surface area contributed by atoms with Crippen LogP contribution in [-0.2, 0) is 13.1 Å². The maximum Gasteiger partial charge on any atom is 0.252 e. The highest BCUT2D eigenvalue weighted by molar-refractivity contribution is 6.35. The Morgan fingerprint density at radius 2 is 2.30 bits per heavy atom. The summed E-state index contributed by atoms with van der Waals surface area (Å²) in [4.78, 5) is 16.3. The average molecular weight is 332 g/mol. The highest BCUT2D eigenvalue weighted by atomic mass is 35.5. The monoisotopic (exact) mass is 331 g/mol. The smallest absolute Gasteiger partial charge is 0.252 e. The van der Waals surface area contributed by atoms with E-state index in [1.54, 1.807) is 13.0 Å². The zero-order valence-corrected chi connectivity index (χ0v) is 13.1. The minimum Gasteiger partial charge on any atom is -0.439 e. The molecule has 0 saturated carbocycles. The molecule has 1 aliphatic heterocycles. The van der Waals surface area contributed by atoms with E-state index in [1.165, 1.54) is 0 Å². The standard InChI is InChI=1S/C15H14ClN5O2/c1-7-19-10-5-8(4-9(16)14(10)23-7)13-12(15(17)22)11-6-18-2-3-21(11)20-13/h4-5,18H,2-3,6H2,1H3,(H2,17,22). The summed E-state index contributed by atoms with van der Waals surface area (Å²) in [6, 6.07) is 3.54. The van der Waals surface area contributed by atoms with Crippen molar-refractivity contribution in [2.45, 2.75) is 20.0 Å². The van der Waals surface area contributed by atoms with E-state index in [1.807, 2.05) is 10.7 Å². The number of oxazole rings is 1. The summed E-state index contributed by atoms with van der Waals surface area (Å²) in [5.41, 5.74) is 9.19. The molecule has 23 heavy (non-hydrogen) atoms. The summed E-state index contributed by atoms with van der Waals surface area (Å²) in [6.45, 7) is 3.80. The van der Waals surface area contributed by atoms with Gasteiger partial charge in [0.1, 0.15) is 11.2 Å². The van der Waals surface area contributed by atoms with E-state index in [-0.39, 0.29) is 0 Å². The molecule has 1 amide bonds. The van der Waals surface area contributed by atoms with Gasteiger partial charge in [0.05, 0.1) is 22.8 Å². The van der Waals surface area contributed by atoms with Crippen LogP contribution in [0.2, 0.25) is 5.02 Å². The van der Waals surface area contributed by atoms with Gasteiger partial charge in [0, 0.05) is 25.6 Å². The highest BCUT2D eigenvalue weighted by Gasteiger charge is 2.25. The van der Waals surface area contributed by atoms with Crippen LogP contribution in [0.1, 0.15) is 21.9 Å². The van der Waals surface area contributed by atoms with Crippen LogP contribution >= 0.6 is 11.6 Å². The zero-order chi connectivity index (χ0) is 16.1. The number of amides is 1. The molecular weight excluding hydrogens is 318 g/mol. The maximum absolute atomic E-state index is 12.0. The highest BCUT2D eigenvalue weighted by Crippen LogP contribution is 2.33. The third-order valence-electron chi connectivity index (χ3n) is 3.92. The summed E-state index contributed by atoms with van der Waals surface area (Å²) in [7, 11) is 0. The van der Waals surface area contributed by atoms with Crippen molar-refractivity contribution in [1.82, 2.24) is 20.1 Å². The van der Waals surface area contributed by atoms with E-state index in [0.29, 0.717) is 51.9 Å². The quantitative estimate of drug-likeness (QED) is 0.746. The molecule has 1 aromatic carbocycles. The largest absolute Gasteiger partial charge is 0.439 e. The van der Waals surface area contributed by atoms with Crippen LogP contribution in [0.3, 0.4) is 0 Å². The van der Waals surface area contributed by atoms with E-state index in [2.05, 4.69) is 15.4 Å². The van der Waals surface area contributed by atoms with Gasteiger partial charge in [-0.05, 0) is 12.1 Å². The van der Waals surface area contributed by atoms with Crippen molar-refractivity contribution in [2.75, 3.05) is 6.54 Å². The molecule has 118 valence electrons. The molecule has 0 atom stereocenters. The molecule has 3 N–H and O–H groups in total. The summed E-state index contributed by atoms with van der Waals surface area (Å²) >= 11 is 6.29. The molecule has 0 radical (unpaired) electrons. The number of nitrogens with zero attached hydrogens (tertiary/aromatic N) is 3. The lowest BCUT2D eigenvalue weighted by Crippen LogP contribution is -2.30. The van der Waals surface area contributed by atoms with Gasteiger partial charge in [-0.1, -0.05) is 11.6 Å². The van der Waals surface area contributed by atoms with Crippen molar-refractivity contribution >= 4 is 28.6 Å². The summed E-state index contributed by atoms with van der Waals surface area (Å²) in [5, 5.41) is 8.21. The molecule has 8 heteroatoms. The fourth-order valence-electron chi connectivity index (χ4n) is 2.95. The molecule has 0 unspecified atom stereocenters. The Kier molecular flexibility index (Phi) is 3.14. The lowest BCUT2D eigenvalue weighted by Gasteiger charge is -2.15. The number of hydrogen-bond donors (Lipinski definition) is 2. The van der Waals surface area contributed by atoms with Gasteiger partial charge in [-0.25, -0.2) is 4.98 Å². The topological polar surface area (TPSA) is 99.0 Å². The van der Waals surface area contributed by atoms with Crippen LogP contribution in [0.15, 0.2) is 16.5 Å². The third-order valence-corrected chi connectivity index (χ3v) is 4.20. The minimum absolute atomic E-state index is 0.424. The lowest BCUT2D eigenvalue weighted by atomic mass is 10.0. The summed E-state index contributed by atoms with van der Waals surface area (Å²) < 4.78 is 7.30. The van der Waals surface area contributed by atoms with Gasteiger partial charge in [-0.2, -0.15) is 5.10 Å². The number of hydrogen-bond acceptors (Lipinski definition) is 5. The number of aromatic nitrogens is 3. The number of rotatable bonds is 2. The number of fused-ring (bicyclic) bond motifs is 2. The molecule has 2 aromatic heterocycles. The molecule has 0 bridgehead atoms. The molecule has 3 aromatic rings. The number of carbonyl (C=O) groups is 1. The van der Waals surface area contributed by atoms with Crippen LogP contribution < -0.4 is 11.1 Å². The number of carbonyl (C=O) groups excluding carboxylic acids is 1. The van der Waals surface area contributed by atoms with Gasteiger partial charge in [0.2, 0.25) is 0 Å². The Balaban J connectivity index is 1.97. The van der Waals surface area contributed by atoms with Crippen molar-refractivity contribution in [3.63, 3.8) is 0 Å². The first-order chi connectivity index (χ1) is 11.0. The van der Waals surface area contributed by atoms with E-state index in [9.17, 15) is 4.79 Å². The maximum atomic E-state index is 12.0. The minimum atomic E-state index is -0.502. The Hall–Kier alpha value is -2.38. The van der Waals surface area contributed by atoms with E-state index in [0.717, 1.165) is 12.2 Å². The Morgan fingerprint density at radius 1 is 1.48 bits per heavy atom. The van der Waals surface area contributed by atoms with Crippen molar-refractivity contribution in [1.29, 1.82) is 0 Å². The SMILES string of the molecule is Cc1nc2cc(-c3nn4c(c3C(N)=O)CNCC4)cc(Cl)c2o1. The Morgan fingerprint density at radius 3 is 3.09 bits per heavy atom. The van der Waals surface area contributed by atoms with Gasteiger partial charge < -0.3 is 15.5 Å². The van der Waals surface area contributed by atoms with Crippen molar-refractivity contribution in [3.8, 4) is 11.3 Å². The zero-order valence-electron chi connectivity index (χ0n) is 12.4. The second-order valence-electron chi connectivity index (χ2n) is 5.47. The van der Waals surface area contributed by atoms with E-state index in [4.69, 9.17) is 21.8 Å². The second kappa shape index (κ2) is 5.07. The Bertz CT molecular complexity index is 943. The normalized spacial score (nSPS) is 14.2. The van der Waals surface area contributed by atoms with E-state index < -0.39 is 5.91 Å². The Labute approximate surface area is 136 Å². The predicted molar refractivity (Wildman–Crippen MR) is 85.2 cm³/mol. The van der Waals surface area contributed by atoms with Crippen LogP contribution in [0.25, 0.3) is 22.4 Å². The molecule has 0 aliphatic carbocycles. The first kappa shape index (κ1) is 14.2. The number of primary amides is 1. The lowest BCUT2D eigenvalue weighted by molar-refractivity contribution is 0.0999. The van der Waals surface area contributed by atoms with Crippen molar-refractivity contribution in [3.05, 3.63) is 34.3 Å². The number of nitrogens with one attached hydrogen (secondary N) is 1. The number of aryl methyl sites for hydroxylation is 1. The van der Waals surface area contributed by atoms with Gasteiger partial charge in [-0.3, -0.25) is 9.48 Å². The molecule has 0 fully saturated rings. The van der Waals surface area contributed by atoms with Crippen molar-refractivity contribution in [2.24, 2.45) is 5.73 Å². The average Bonchev–Trinajstić information content (AvgIpc) is 3.07. The first-order valence-electron chi connectivity index (χ1n) is 7.22. The predicted octanol–water partition coefficient (Wildman–Crippen LogP) is 1.86. The fraction of sp³-hybridized carbons (Fsp3) is 0.267. The number of halogens is 1. The third kappa shape index (κ3) is 2.20. The molecule has 4 rings (SSSR count). The van der Waals surface area contributed by atoms with Crippen LogP contribution in [0, 0.1) is 6.92 Å². The van der Waals surface area contributed by atoms with Gasteiger partial charge >= 0.3 is 0 Å². The molecule has 1 aliphatic rings. The summed E-state index contributed by atoms with van der Waals surface area (Å²) in [6.07, 6.45) is 0. The van der Waals surface area contributed by atoms with Gasteiger partial charge in [0.25, 0.3) is 5.91 Å². The van der Waals surface area contributed by atoms with Crippen LogP contribution in [-0.4, -0.2) is 27.2 Å². The molecule has 7 nitrogen and oxygen atoms in total.